The fraction of sp³-hybridized carbons (Fsp3) is 0.750. The van der Waals surface area contributed by atoms with Gasteiger partial charge in [0, 0.05) is 40.9 Å². The van der Waals surface area contributed by atoms with E-state index >= 15 is 0 Å². The summed E-state index contributed by atoms with van der Waals surface area (Å²) in [6.07, 6.45) is -0.375. The number of hydrogen-bond acceptors (Lipinski definition) is 10. The lowest BCUT2D eigenvalue weighted by molar-refractivity contribution is -0.148. The van der Waals surface area contributed by atoms with Crippen LogP contribution in [0.15, 0.2) is 30.3 Å². The third-order valence-corrected chi connectivity index (χ3v) is 12.2. The number of ether oxygens (including phenoxy) is 4. The van der Waals surface area contributed by atoms with Crippen molar-refractivity contribution in [2.75, 3.05) is 61.2 Å². The first-order valence-electron chi connectivity index (χ1n) is 21.5. The lowest BCUT2D eigenvalue weighted by atomic mass is 9.89. The molecule has 1 aromatic rings. The standard InChI is InChI=1S/C44H74N6O9/c1-13-29(6)38(48(10)43(54)37(28(4)5)47-42(53)36(45-9)27(2)3)34(56-11)26-35(51)50-21-17-20-33(50)39(57-12)30(7)41(52)46-31(8)40(32-18-15-14-16-19-32)59-44(55)49-22-24-58-25-23-49/h14-16,18-19,27-31,33-34,36-40,45H,13,17,20-26H2,1-12H3,(H,46,52)(H,47,53)/t29-,30+,31+,33-,34+,36-,37-,38-,39+,40+/m0/s1. The lowest BCUT2D eigenvalue weighted by Gasteiger charge is -2.41. The summed E-state index contributed by atoms with van der Waals surface area (Å²) >= 11 is 0. The molecule has 59 heavy (non-hydrogen) atoms. The van der Waals surface area contributed by atoms with Gasteiger partial charge in [-0.05, 0) is 50.1 Å². The first-order valence-corrected chi connectivity index (χ1v) is 21.5. The maximum atomic E-state index is 14.3. The molecule has 0 aliphatic carbocycles. The molecule has 5 amide bonds. The van der Waals surface area contributed by atoms with E-state index in [-0.39, 0.29) is 53.8 Å². The summed E-state index contributed by atoms with van der Waals surface area (Å²) in [5.74, 6) is -1.80. The average Bonchev–Trinajstić information content (AvgIpc) is 3.71. The number of morpholine rings is 1. The van der Waals surface area contributed by atoms with Gasteiger partial charge in [-0.2, -0.15) is 0 Å². The maximum Gasteiger partial charge on any atom is 0.410 e. The van der Waals surface area contributed by atoms with E-state index in [1.165, 1.54) is 0 Å². The van der Waals surface area contributed by atoms with Crippen LogP contribution in [0.3, 0.4) is 0 Å². The molecule has 0 aromatic heterocycles. The summed E-state index contributed by atoms with van der Waals surface area (Å²) in [5.41, 5.74) is 0.749. The van der Waals surface area contributed by atoms with E-state index in [0.29, 0.717) is 39.3 Å². The molecule has 0 unspecified atom stereocenters. The highest BCUT2D eigenvalue weighted by Crippen LogP contribution is 2.30. The Kier molecular flexibility index (Phi) is 20.0. The lowest BCUT2D eigenvalue weighted by Crippen LogP contribution is -2.59. The number of nitrogens with one attached hydrogen (secondary N) is 3. The molecule has 2 aliphatic heterocycles. The van der Waals surface area contributed by atoms with Crippen molar-refractivity contribution >= 4 is 29.7 Å². The van der Waals surface area contributed by atoms with Crippen LogP contribution in [0, 0.1) is 23.7 Å². The second-order valence-corrected chi connectivity index (χ2v) is 16.9. The Balaban J connectivity index is 1.77. The highest BCUT2D eigenvalue weighted by atomic mass is 16.6. The van der Waals surface area contributed by atoms with Crippen molar-refractivity contribution in [2.45, 2.75) is 130 Å². The van der Waals surface area contributed by atoms with Gasteiger partial charge in [-0.3, -0.25) is 19.2 Å². The van der Waals surface area contributed by atoms with E-state index in [2.05, 4.69) is 16.0 Å². The zero-order chi connectivity index (χ0) is 44.0. The molecule has 334 valence electrons. The topological polar surface area (TPSA) is 168 Å². The quantitative estimate of drug-likeness (QED) is 0.165. The number of likely N-dealkylation sites (tertiary alicyclic amines) is 1. The molecule has 3 N–H and O–H groups in total. The van der Waals surface area contributed by atoms with Gasteiger partial charge in [-0.1, -0.05) is 85.2 Å². The normalized spacial score (nSPS) is 20.5. The Morgan fingerprint density at radius 1 is 0.864 bits per heavy atom. The minimum atomic E-state index is -0.776. The van der Waals surface area contributed by atoms with Crippen LogP contribution in [0.1, 0.15) is 92.7 Å². The van der Waals surface area contributed by atoms with Gasteiger partial charge in [0.1, 0.15) is 12.1 Å². The van der Waals surface area contributed by atoms with Crippen LogP contribution in [0.4, 0.5) is 4.79 Å². The van der Waals surface area contributed by atoms with Gasteiger partial charge in [0.05, 0.1) is 61.9 Å². The van der Waals surface area contributed by atoms with E-state index < -0.39 is 54.5 Å². The Morgan fingerprint density at radius 2 is 1.49 bits per heavy atom. The molecule has 2 aliphatic rings. The highest BCUT2D eigenvalue weighted by Gasteiger charge is 2.43. The van der Waals surface area contributed by atoms with Crippen molar-refractivity contribution < 1.29 is 42.9 Å². The molecular formula is C44H74N6O9. The summed E-state index contributed by atoms with van der Waals surface area (Å²) in [4.78, 5) is 74.0. The van der Waals surface area contributed by atoms with Gasteiger partial charge in [0.25, 0.3) is 0 Å². The summed E-state index contributed by atoms with van der Waals surface area (Å²) in [6.45, 7) is 17.6. The highest BCUT2D eigenvalue weighted by molar-refractivity contribution is 5.90. The molecule has 2 fully saturated rings. The number of methoxy groups -OCH3 is 2. The number of hydrogen-bond donors (Lipinski definition) is 3. The van der Waals surface area contributed by atoms with Crippen molar-refractivity contribution in [1.82, 2.24) is 30.7 Å². The molecule has 15 nitrogen and oxygen atoms in total. The smallest absolute Gasteiger partial charge is 0.410 e. The average molecular weight is 831 g/mol. The van der Waals surface area contributed by atoms with E-state index in [1.807, 2.05) is 78.8 Å². The van der Waals surface area contributed by atoms with E-state index in [4.69, 9.17) is 18.9 Å². The Bertz CT molecular complexity index is 1490. The van der Waals surface area contributed by atoms with Crippen molar-refractivity contribution in [3.8, 4) is 0 Å². The van der Waals surface area contributed by atoms with Crippen LogP contribution in [0.2, 0.25) is 0 Å². The van der Waals surface area contributed by atoms with Crippen molar-refractivity contribution in [1.29, 1.82) is 0 Å². The molecule has 2 saturated heterocycles. The molecule has 1 aromatic carbocycles. The van der Waals surface area contributed by atoms with Gasteiger partial charge in [0.2, 0.25) is 23.6 Å². The SMILES string of the molecule is CC[C@H](C)[C@@H]([C@@H](CC(=O)N1CCC[C@H]1[C@H](OC)[C@@H](C)C(=O)N[C@H](C)[C@@H](OC(=O)N1CCOCC1)c1ccccc1)OC)N(C)C(=O)[C@@H](NC(=O)[C@@H](NC)C(C)C)C(C)C. The Hall–Kier alpha value is -3.79. The third-order valence-electron chi connectivity index (χ3n) is 12.2. The van der Waals surface area contributed by atoms with Crippen LogP contribution in [-0.4, -0.2) is 148 Å². The van der Waals surface area contributed by atoms with Crippen LogP contribution in [0.25, 0.3) is 0 Å². The van der Waals surface area contributed by atoms with Crippen molar-refractivity contribution in [3.63, 3.8) is 0 Å². The predicted molar refractivity (Wildman–Crippen MR) is 226 cm³/mol. The summed E-state index contributed by atoms with van der Waals surface area (Å²) in [7, 11) is 6.56. The van der Waals surface area contributed by atoms with Crippen LogP contribution in [0.5, 0.6) is 0 Å². The number of amides is 5. The maximum absolute atomic E-state index is 14.3. The minimum Gasteiger partial charge on any atom is -0.439 e. The molecule has 0 saturated carbocycles. The number of carbonyl (C=O) groups excluding carboxylic acids is 5. The summed E-state index contributed by atoms with van der Waals surface area (Å²) in [6, 6.07) is 6.67. The first-order chi connectivity index (χ1) is 28.0. The summed E-state index contributed by atoms with van der Waals surface area (Å²) < 4.78 is 23.5. The second-order valence-electron chi connectivity index (χ2n) is 16.9. The zero-order valence-electron chi connectivity index (χ0n) is 37.7. The van der Waals surface area contributed by atoms with Gasteiger partial charge in [0.15, 0.2) is 0 Å². The number of rotatable bonds is 21. The molecule has 3 rings (SSSR count). The van der Waals surface area contributed by atoms with Crippen molar-refractivity contribution in [3.05, 3.63) is 35.9 Å². The predicted octanol–water partition coefficient (Wildman–Crippen LogP) is 4.01. The monoisotopic (exact) mass is 831 g/mol. The molecule has 15 heteroatoms. The summed E-state index contributed by atoms with van der Waals surface area (Å²) in [5, 5.41) is 9.13. The van der Waals surface area contributed by atoms with E-state index in [9.17, 15) is 24.0 Å². The zero-order valence-corrected chi connectivity index (χ0v) is 37.7. The Labute approximate surface area is 352 Å². The van der Waals surface area contributed by atoms with Gasteiger partial charge >= 0.3 is 6.09 Å². The van der Waals surface area contributed by atoms with Crippen LogP contribution < -0.4 is 16.0 Å². The van der Waals surface area contributed by atoms with Gasteiger partial charge in [-0.15, -0.1) is 0 Å². The number of benzene rings is 1. The molecule has 0 radical (unpaired) electrons. The molecular weight excluding hydrogens is 757 g/mol. The van der Waals surface area contributed by atoms with Gasteiger partial charge < -0.3 is 49.6 Å². The minimum absolute atomic E-state index is 0.00875. The first kappa shape index (κ1) is 49.6. The Morgan fingerprint density at radius 3 is 2.03 bits per heavy atom. The molecule has 0 spiro atoms. The number of likely N-dealkylation sites (N-methyl/N-ethyl adjacent to an activating group) is 2. The number of nitrogens with zero attached hydrogens (tertiary/aromatic N) is 3. The fourth-order valence-corrected chi connectivity index (χ4v) is 8.51. The second kappa shape index (κ2) is 23.9. The third kappa shape index (κ3) is 13.1. The van der Waals surface area contributed by atoms with Crippen LogP contribution >= 0.6 is 0 Å². The molecule has 2 heterocycles. The number of carbonyl (C=O) groups is 5. The van der Waals surface area contributed by atoms with Gasteiger partial charge in [-0.25, -0.2) is 4.79 Å². The van der Waals surface area contributed by atoms with Crippen LogP contribution in [-0.2, 0) is 38.1 Å². The molecule has 10 atom stereocenters. The van der Waals surface area contributed by atoms with E-state index in [0.717, 1.165) is 18.4 Å². The molecule has 0 bridgehead atoms. The largest absolute Gasteiger partial charge is 0.439 e. The fourth-order valence-electron chi connectivity index (χ4n) is 8.51. The van der Waals surface area contributed by atoms with E-state index in [1.54, 1.807) is 49.9 Å². The van der Waals surface area contributed by atoms with Crippen molar-refractivity contribution in [2.24, 2.45) is 23.7 Å².